The number of amides is 2. The van der Waals surface area contributed by atoms with E-state index in [2.05, 4.69) is 20.3 Å². The number of nitrogens with zero attached hydrogens (tertiary/aromatic N) is 3. The Labute approximate surface area is 214 Å². The lowest BCUT2D eigenvalue weighted by molar-refractivity contribution is -0.167. The number of carbonyl (C=O) groups excluding carboxylic acids is 2. The molecule has 3 aromatic rings. The predicted octanol–water partition coefficient (Wildman–Crippen LogP) is 5.90. The number of alkyl halides is 3. The van der Waals surface area contributed by atoms with Crippen molar-refractivity contribution in [1.82, 2.24) is 15.0 Å². The highest BCUT2D eigenvalue weighted by Gasteiger charge is 2.40. The van der Waals surface area contributed by atoms with Crippen LogP contribution in [0.15, 0.2) is 36.5 Å². The Bertz CT molecular complexity index is 1300. The molecule has 1 aliphatic carbocycles. The molecule has 196 valence electrons. The van der Waals surface area contributed by atoms with Crippen molar-refractivity contribution in [3.05, 3.63) is 47.8 Å². The summed E-state index contributed by atoms with van der Waals surface area (Å²) in [5.41, 5.74) is 7.37. The molecule has 1 saturated carbocycles. The summed E-state index contributed by atoms with van der Waals surface area (Å²) in [4.78, 5) is 36.3. The monoisotopic (exact) mass is 534 g/mol. The van der Waals surface area contributed by atoms with E-state index in [4.69, 9.17) is 10.5 Å². The normalized spacial score (nSPS) is 14.6. The zero-order chi connectivity index (χ0) is 27.0. The maximum atomic E-state index is 12.7. The van der Waals surface area contributed by atoms with Crippen LogP contribution in [0.4, 0.5) is 34.7 Å². The number of nitrogens with two attached hydrogens (primary N) is 1. The second kappa shape index (κ2) is 9.96. The summed E-state index contributed by atoms with van der Waals surface area (Å²) in [6.45, 7) is 5.80. The molecule has 1 fully saturated rings. The number of ether oxygens (including phenoxy) is 1. The van der Waals surface area contributed by atoms with E-state index in [1.165, 1.54) is 6.20 Å². The van der Waals surface area contributed by atoms with Crippen molar-refractivity contribution in [3.63, 3.8) is 0 Å². The van der Waals surface area contributed by atoms with Crippen LogP contribution in [-0.2, 0) is 9.53 Å². The van der Waals surface area contributed by atoms with Crippen LogP contribution < -0.4 is 16.4 Å². The van der Waals surface area contributed by atoms with Crippen molar-refractivity contribution in [2.45, 2.75) is 51.8 Å². The van der Waals surface area contributed by atoms with Crippen molar-refractivity contribution in [2.24, 2.45) is 11.1 Å². The van der Waals surface area contributed by atoms with Crippen LogP contribution >= 0.6 is 11.3 Å². The highest BCUT2D eigenvalue weighted by Crippen LogP contribution is 2.47. The lowest BCUT2D eigenvalue weighted by Crippen LogP contribution is -2.29. The summed E-state index contributed by atoms with van der Waals surface area (Å²) in [7, 11) is 0. The van der Waals surface area contributed by atoms with E-state index in [-0.39, 0.29) is 22.4 Å². The van der Waals surface area contributed by atoms with Crippen molar-refractivity contribution >= 4 is 40.1 Å². The van der Waals surface area contributed by atoms with Crippen molar-refractivity contribution in [1.29, 1.82) is 0 Å². The number of primary amides is 1. The lowest BCUT2D eigenvalue weighted by Gasteiger charge is -2.30. The average molecular weight is 535 g/mol. The molecule has 37 heavy (non-hydrogen) atoms. The summed E-state index contributed by atoms with van der Waals surface area (Å²) in [6, 6.07) is 8.80. The first-order valence-corrected chi connectivity index (χ1v) is 12.2. The molecule has 13 heteroatoms. The third-order valence-electron chi connectivity index (χ3n) is 5.47. The molecule has 0 spiro atoms. The number of benzene rings is 1. The number of aromatic nitrogens is 3. The van der Waals surface area contributed by atoms with Gasteiger partial charge in [0.05, 0.1) is 16.3 Å². The maximum absolute atomic E-state index is 12.7. The largest absolute Gasteiger partial charge is 0.471 e. The minimum atomic E-state index is -5.01. The predicted molar refractivity (Wildman–Crippen MR) is 132 cm³/mol. The van der Waals surface area contributed by atoms with Crippen LogP contribution in [0.2, 0.25) is 0 Å². The summed E-state index contributed by atoms with van der Waals surface area (Å²) in [5.74, 6) is -1.69. The lowest BCUT2D eigenvalue weighted by atomic mass is 9.84. The Balaban J connectivity index is 1.55. The van der Waals surface area contributed by atoms with E-state index in [1.54, 1.807) is 30.3 Å². The van der Waals surface area contributed by atoms with E-state index in [9.17, 15) is 22.8 Å². The number of anilines is 3. The summed E-state index contributed by atoms with van der Waals surface area (Å²) in [5, 5.41) is 4.80. The van der Waals surface area contributed by atoms with Gasteiger partial charge in [-0.2, -0.15) is 13.2 Å². The molecule has 4 N–H and O–H groups in total. The SMILES string of the molecule is CC(C)(C)C(OC(N)=O)c1ccc(Nc2nccc(-c3sc(NC(=O)C(F)(F)F)nc3C3CC3)n2)cc1. The van der Waals surface area contributed by atoms with Gasteiger partial charge in [-0.1, -0.05) is 44.2 Å². The van der Waals surface area contributed by atoms with Gasteiger partial charge in [0, 0.05) is 23.2 Å². The van der Waals surface area contributed by atoms with Gasteiger partial charge in [0.25, 0.3) is 0 Å². The minimum absolute atomic E-state index is 0.111. The number of hydrogen-bond acceptors (Lipinski definition) is 8. The molecule has 2 amide bonds. The molecular formula is C24H25F3N6O3S. The average Bonchev–Trinajstić information content (AvgIpc) is 3.57. The third-order valence-corrected chi connectivity index (χ3v) is 6.48. The Hall–Kier alpha value is -3.74. The smallest absolute Gasteiger partial charge is 0.441 e. The number of nitrogens with one attached hydrogen (secondary N) is 2. The van der Waals surface area contributed by atoms with E-state index < -0.39 is 24.3 Å². The van der Waals surface area contributed by atoms with Gasteiger partial charge in [-0.05, 0) is 36.6 Å². The fourth-order valence-electron chi connectivity index (χ4n) is 3.65. The fraction of sp³-hybridized carbons (Fsp3) is 0.375. The van der Waals surface area contributed by atoms with E-state index in [0.29, 0.717) is 22.0 Å². The van der Waals surface area contributed by atoms with Gasteiger partial charge in [0.15, 0.2) is 5.13 Å². The quantitative estimate of drug-likeness (QED) is 0.344. The van der Waals surface area contributed by atoms with Gasteiger partial charge in [0.2, 0.25) is 5.95 Å². The number of hydrogen-bond donors (Lipinski definition) is 3. The standard InChI is InChI=1S/C24H25F3N6O3S/c1-23(2,3)18(36-20(28)35)13-6-8-14(9-7-13)30-21-29-11-10-15(31-21)17-16(12-4-5-12)32-22(37-17)33-19(34)24(25,26)27/h6-12,18H,4-5H2,1-3H3,(H2,28,35)(H,29,30,31)(H,32,33,34). The number of carbonyl (C=O) groups is 2. The van der Waals surface area contributed by atoms with Gasteiger partial charge in [-0.3, -0.25) is 10.1 Å². The Kier molecular flexibility index (Phi) is 7.09. The van der Waals surface area contributed by atoms with Gasteiger partial charge < -0.3 is 15.8 Å². The van der Waals surface area contributed by atoms with Crippen LogP contribution in [0.5, 0.6) is 0 Å². The molecular weight excluding hydrogens is 509 g/mol. The second-order valence-electron chi connectivity index (χ2n) is 9.65. The molecule has 2 heterocycles. The third kappa shape index (κ3) is 6.53. The Morgan fingerprint density at radius 2 is 1.78 bits per heavy atom. The number of halogens is 3. The first-order chi connectivity index (χ1) is 17.3. The molecule has 0 saturated heterocycles. The van der Waals surface area contributed by atoms with E-state index in [1.807, 2.05) is 26.1 Å². The van der Waals surface area contributed by atoms with Gasteiger partial charge >= 0.3 is 18.2 Å². The number of rotatable bonds is 7. The van der Waals surface area contributed by atoms with Crippen LogP contribution in [0.3, 0.4) is 0 Å². The zero-order valence-electron chi connectivity index (χ0n) is 20.2. The Morgan fingerprint density at radius 3 is 2.35 bits per heavy atom. The first kappa shape index (κ1) is 26.3. The molecule has 1 unspecified atom stereocenters. The topological polar surface area (TPSA) is 132 Å². The summed E-state index contributed by atoms with van der Waals surface area (Å²) < 4.78 is 43.4. The molecule has 0 radical (unpaired) electrons. The molecule has 0 bridgehead atoms. The highest BCUT2D eigenvalue weighted by molar-refractivity contribution is 7.19. The van der Waals surface area contributed by atoms with Crippen molar-refractivity contribution in [3.8, 4) is 10.6 Å². The van der Waals surface area contributed by atoms with Crippen LogP contribution in [0.1, 0.15) is 56.9 Å². The first-order valence-electron chi connectivity index (χ1n) is 11.4. The number of thiazole rings is 1. The molecule has 0 aliphatic heterocycles. The molecule has 1 aliphatic rings. The minimum Gasteiger partial charge on any atom is -0.441 e. The maximum Gasteiger partial charge on any atom is 0.471 e. The molecule has 1 atom stereocenters. The van der Waals surface area contributed by atoms with Crippen LogP contribution in [-0.4, -0.2) is 33.1 Å². The van der Waals surface area contributed by atoms with Crippen LogP contribution in [0.25, 0.3) is 10.6 Å². The molecule has 1 aromatic carbocycles. The van der Waals surface area contributed by atoms with Gasteiger partial charge in [-0.25, -0.2) is 19.7 Å². The fourth-order valence-corrected chi connectivity index (χ4v) is 4.66. The van der Waals surface area contributed by atoms with Crippen molar-refractivity contribution in [2.75, 3.05) is 10.6 Å². The summed E-state index contributed by atoms with van der Waals surface area (Å²) in [6.07, 6.45) is -3.16. The van der Waals surface area contributed by atoms with Gasteiger partial charge in [-0.15, -0.1) is 0 Å². The Morgan fingerprint density at radius 1 is 1.11 bits per heavy atom. The second-order valence-corrected chi connectivity index (χ2v) is 10.7. The van der Waals surface area contributed by atoms with Crippen LogP contribution in [0, 0.1) is 5.41 Å². The zero-order valence-corrected chi connectivity index (χ0v) is 21.0. The van der Waals surface area contributed by atoms with E-state index in [0.717, 1.165) is 29.7 Å². The molecule has 9 nitrogen and oxygen atoms in total. The van der Waals surface area contributed by atoms with Gasteiger partial charge in [0.1, 0.15) is 6.10 Å². The molecule has 2 aromatic heterocycles. The van der Waals surface area contributed by atoms with E-state index >= 15 is 0 Å². The summed E-state index contributed by atoms with van der Waals surface area (Å²) >= 11 is 0.940. The van der Waals surface area contributed by atoms with Crippen molar-refractivity contribution < 1.29 is 27.5 Å². The highest BCUT2D eigenvalue weighted by atomic mass is 32.1. The molecule has 4 rings (SSSR count).